The summed E-state index contributed by atoms with van der Waals surface area (Å²) in [6.07, 6.45) is 0. The van der Waals surface area contributed by atoms with Crippen molar-refractivity contribution in [1.82, 2.24) is 9.55 Å². The molecule has 2 aromatic heterocycles. The number of rotatable bonds is 5. The number of benzene rings is 1. The minimum absolute atomic E-state index is 0.0845. The Morgan fingerprint density at radius 3 is 2.46 bits per heavy atom. The van der Waals surface area contributed by atoms with Crippen LogP contribution in [0, 0.1) is 25.5 Å². The lowest BCUT2D eigenvalue weighted by Gasteiger charge is -2.17. The Hall–Kier alpha value is -2.06. The van der Waals surface area contributed by atoms with Gasteiger partial charge in [-0.05, 0) is 58.4 Å². The molecule has 0 unspecified atom stereocenters. The number of thiophene rings is 1. The Morgan fingerprint density at radius 2 is 1.86 bits per heavy atom. The fraction of sp³-hybridized carbons (Fsp3) is 0.350. The maximum Gasteiger partial charge on any atom is 0.263 e. The fourth-order valence-corrected chi connectivity index (χ4v) is 5.11. The van der Waals surface area contributed by atoms with Crippen molar-refractivity contribution >= 4 is 39.1 Å². The zero-order valence-corrected chi connectivity index (χ0v) is 17.8. The molecular formula is C20H20F2N2O2S2. The zero-order valence-electron chi connectivity index (χ0n) is 16.2. The van der Waals surface area contributed by atoms with Gasteiger partial charge in [0.15, 0.2) is 22.6 Å². The largest absolute Gasteiger partial charge is 0.293 e. The number of carbonyl (C=O) groups excluding carboxylic acids is 1. The first-order valence-electron chi connectivity index (χ1n) is 8.80. The summed E-state index contributed by atoms with van der Waals surface area (Å²) in [5, 5.41) is 0.429. The zero-order chi connectivity index (χ0) is 20.7. The van der Waals surface area contributed by atoms with E-state index in [1.165, 1.54) is 17.4 Å². The highest BCUT2D eigenvalue weighted by molar-refractivity contribution is 8.00. The highest BCUT2D eigenvalue weighted by Crippen LogP contribution is 2.31. The molecule has 28 heavy (non-hydrogen) atoms. The number of thioether (sulfide) groups is 1. The number of hydrogen-bond acceptors (Lipinski definition) is 5. The molecule has 0 radical (unpaired) electrons. The summed E-state index contributed by atoms with van der Waals surface area (Å²) in [5.74, 6) is -2.42. The lowest BCUT2D eigenvalue weighted by molar-refractivity contribution is 0.0993. The molecule has 148 valence electrons. The lowest BCUT2D eigenvalue weighted by atomic mass is 10.1. The summed E-state index contributed by atoms with van der Waals surface area (Å²) >= 11 is 2.60. The van der Waals surface area contributed by atoms with E-state index in [1.54, 1.807) is 11.5 Å². The first-order chi connectivity index (χ1) is 13.1. The van der Waals surface area contributed by atoms with E-state index in [4.69, 9.17) is 0 Å². The molecule has 3 aromatic rings. The molecule has 1 atom stereocenters. The van der Waals surface area contributed by atoms with Crippen LogP contribution in [0.25, 0.3) is 10.2 Å². The average molecular weight is 423 g/mol. The van der Waals surface area contributed by atoms with Gasteiger partial charge in [0.1, 0.15) is 4.83 Å². The predicted molar refractivity (Wildman–Crippen MR) is 110 cm³/mol. The molecule has 0 amide bonds. The first-order valence-corrected chi connectivity index (χ1v) is 10.5. The number of Topliss-reactive ketones (excluding diaryl/α,β-unsaturated/α-hetero) is 1. The van der Waals surface area contributed by atoms with E-state index < -0.39 is 16.9 Å². The van der Waals surface area contributed by atoms with Crippen LogP contribution in [0.4, 0.5) is 8.78 Å². The molecule has 2 heterocycles. The molecule has 4 nitrogen and oxygen atoms in total. The van der Waals surface area contributed by atoms with Gasteiger partial charge in [0.25, 0.3) is 5.56 Å². The highest BCUT2D eigenvalue weighted by Gasteiger charge is 2.24. The summed E-state index contributed by atoms with van der Waals surface area (Å²) in [6.45, 7) is 9.29. The van der Waals surface area contributed by atoms with Gasteiger partial charge in [-0.3, -0.25) is 14.2 Å². The number of carbonyl (C=O) groups is 1. The van der Waals surface area contributed by atoms with Crippen molar-refractivity contribution in [2.24, 2.45) is 0 Å². The number of fused-ring (bicyclic) bond motifs is 1. The molecule has 0 spiro atoms. The van der Waals surface area contributed by atoms with Crippen molar-refractivity contribution in [2.45, 2.75) is 51.1 Å². The van der Waals surface area contributed by atoms with Crippen LogP contribution in [0.5, 0.6) is 0 Å². The third-order valence-corrected chi connectivity index (χ3v) is 6.74. The molecule has 0 saturated carbocycles. The number of aromatic nitrogens is 2. The van der Waals surface area contributed by atoms with Crippen molar-refractivity contribution < 1.29 is 13.6 Å². The van der Waals surface area contributed by atoms with Gasteiger partial charge in [-0.25, -0.2) is 13.8 Å². The second kappa shape index (κ2) is 7.75. The topological polar surface area (TPSA) is 52.0 Å². The van der Waals surface area contributed by atoms with Crippen LogP contribution in [0.2, 0.25) is 0 Å². The van der Waals surface area contributed by atoms with E-state index in [1.807, 2.05) is 27.7 Å². The third-order valence-electron chi connectivity index (χ3n) is 4.57. The second-order valence-electron chi connectivity index (χ2n) is 6.88. The number of aryl methyl sites for hydroxylation is 2. The SMILES string of the molecule is Cc1sc2nc(S[C@@H](C)C(=O)c3ccc(F)c(F)c3)n(C(C)C)c(=O)c2c1C. The third kappa shape index (κ3) is 3.63. The molecule has 1 aromatic carbocycles. The van der Waals surface area contributed by atoms with E-state index in [0.717, 1.165) is 34.3 Å². The minimum Gasteiger partial charge on any atom is -0.293 e. The maximum atomic E-state index is 13.5. The molecule has 0 saturated heterocycles. The van der Waals surface area contributed by atoms with Crippen LogP contribution < -0.4 is 5.56 Å². The smallest absolute Gasteiger partial charge is 0.263 e. The summed E-state index contributed by atoms with van der Waals surface area (Å²) < 4.78 is 28.2. The monoisotopic (exact) mass is 422 g/mol. The fourth-order valence-electron chi connectivity index (χ4n) is 2.92. The van der Waals surface area contributed by atoms with Gasteiger partial charge in [-0.1, -0.05) is 11.8 Å². The molecule has 0 fully saturated rings. The van der Waals surface area contributed by atoms with Crippen molar-refractivity contribution in [2.75, 3.05) is 0 Å². The van der Waals surface area contributed by atoms with Crippen molar-refractivity contribution in [1.29, 1.82) is 0 Å². The van der Waals surface area contributed by atoms with Crippen LogP contribution >= 0.6 is 23.1 Å². The van der Waals surface area contributed by atoms with E-state index in [0.29, 0.717) is 15.4 Å². The minimum atomic E-state index is -1.06. The van der Waals surface area contributed by atoms with Crippen molar-refractivity contribution in [3.05, 3.63) is 56.2 Å². The molecule has 0 aliphatic rings. The van der Waals surface area contributed by atoms with Gasteiger partial charge >= 0.3 is 0 Å². The Labute approximate surface area is 169 Å². The van der Waals surface area contributed by atoms with Gasteiger partial charge in [0.05, 0.1) is 10.6 Å². The van der Waals surface area contributed by atoms with Gasteiger partial charge in [0.2, 0.25) is 0 Å². The number of ketones is 1. The quantitative estimate of drug-likeness (QED) is 0.318. The lowest BCUT2D eigenvalue weighted by Crippen LogP contribution is -2.26. The number of nitrogens with zero attached hydrogens (tertiary/aromatic N) is 2. The van der Waals surface area contributed by atoms with Gasteiger partial charge < -0.3 is 0 Å². The van der Waals surface area contributed by atoms with E-state index in [9.17, 15) is 18.4 Å². The molecule has 8 heteroatoms. The second-order valence-corrected chi connectivity index (χ2v) is 9.39. The Kier molecular flexibility index (Phi) is 5.72. The first kappa shape index (κ1) is 20.7. The Balaban J connectivity index is 2.03. The molecule has 0 bridgehead atoms. The summed E-state index contributed by atoms with van der Waals surface area (Å²) in [4.78, 5) is 32.1. The summed E-state index contributed by atoms with van der Waals surface area (Å²) in [6, 6.07) is 2.95. The van der Waals surface area contributed by atoms with Crippen molar-refractivity contribution in [3.63, 3.8) is 0 Å². The van der Waals surface area contributed by atoms with Crippen LogP contribution in [0.1, 0.15) is 47.6 Å². The molecule has 0 aliphatic heterocycles. The van der Waals surface area contributed by atoms with Crippen molar-refractivity contribution in [3.8, 4) is 0 Å². The van der Waals surface area contributed by atoms with Gasteiger partial charge in [-0.2, -0.15) is 0 Å². The normalized spacial score (nSPS) is 12.7. The Bertz CT molecular complexity index is 1140. The summed E-state index contributed by atoms with van der Waals surface area (Å²) in [5.41, 5.74) is 0.882. The average Bonchev–Trinajstić information content (AvgIpc) is 2.90. The number of hydrogen-bond donors (Lipinski definition) is 0. The molecular weight excluding hydrogens is 402 g/mol. The van der Waals surface area contributed by atoms with E-state index >= 15 is 0 Å². The Morgan fingerprint density at radius 1 is 1.18 bits per heavy atom. The predicted octanol–water partition coefficient (Wildman–Crippen LogP) is 5.30. The molecule has 0 N–H and O–H groups in total. The van der Waals surface area contributed by atoms with Crippen LogP contribution in [0.15, 0.2) is 28.2 Å². The standard InChI is InChI=1S/C20H20F2N2O2S2/c1-9(2)24-19(26)16-10(3)11(4)27-18(16)23-20(24)28-12(5)17(25)13-6-7-14(21)15(22)8-13/h6-9,12H,1-5H3/t12-/m0/s1. The van der Waals surface area contributed by atoms with E-state index in [-0.39, 0.29) is 22.9 Å². The van der Waals surface area contributed by atoms with Crippen LogP contribution in [-0.2, 0) is 0 Å². The summed E-state index contributed by atoms with van der Waals surface area (Å²) in [7, 11) is 0. The van der Waals surface area contributed by atoms with E-state index in [2.05, 4.69) is 4.98 Å². The molecule has 3 rings (SSSR count). The van der Waals surface area contributed by atoms with Crippen LogP contribution in [0.3, 0.4) is 0 Å². The van der Waals surface area contributed by atoms with Gasteiger partial charge in [0, 0.05) is 16.5 Å². The highest BCUT2D eigenvalue weighted by atomic mass is 32.2. The maximum absolute atomic E-state index is 13.5. The van der Waals surface area contributed by atoms with Gasteiger partial charge in [-0.15, -0.1) is 11.3 Å². The number of halogens is 2. The molecule has 0 aliphatic carbocycles. The van der Waals surface area contributed by atoms with Crippen LogP contribution in [-0.4, -0.2) is 20.6 Å².